The minimum atomic E-state index is -1.46. The predicted octanol–water partition coefficient (Wildman–Crippen LogP) is -0.449. The molecular weight excluding hydrogens is 274 g/mol. The fourth-order valence-corrected chi connectivity index (χ4v) is 1.50. The molecule has 0 saturated carbocycles. The molecule has 0 heterocycles. The topological polar surface area (TPSA) is 99.0 Å². The van der Waals surface area contributed by atoms with Gasteiger partial charge in [-0.05, 0) is 12.1 Å². The van der Waals surface area contributed by atoms with Gasteiger partial charge >= 0.3 is 0 Å². The zero-order valence-electron chi connectivity index (χ0n) is 10.2. The summed E-state index contributed by atoms with van der Waals surface area (Å²) in [4.78, 5) is 11.6. The van der Waals surface area contributed by atoms with Gasteiger partial charge in [-0.25, -0.2) is 0 Å². The van der Waals surface area contributed by atoms with Gasteiger partial charge in [-0.1, -0.05) is 23.7 Å². The standard InChI is InChI=1S/C12H16ClNO5/c13-9-3-1-2-4-10(9)19-5-11(18)14-12(6-15,7-16)8-17/h1-4,15-17H,5-8H2,(H,14,18). The van der Waals surface area contributed by atoms with Gasteiger partial charge in [0.25, 0.3) is 5.91 Å². The Labute approximate surface area is 115 Å². The highest BCUT2D eigenvalue weighted by Crippen LogP contribution is 2.22. The maximum absolute atomic E-state index is 11.6. The van der Waals surface area contributed by atoms with Gasteiger partial charge in [-0.3, -0.25) is 4.79 Å². The second-order valence-electron chi connectivity index (χ2n) is 4.02. The van der Waals surface area contributed by atoms with Gasteiger partial charge in [-0.2, -0.15) is 0 Å². The van der Waals surface area contributed by atoms with Crippen LogP contribution < -0.4 is 10.1 Å². The predicted molar refractivity (Wildman–Crippen MR) is 69.1 cm³/mol. The molecule has 1 rings (SSSR count). The van der Waals surface area contributed by atoms with Crippen molar-refractivity contribution in [2.75, 3.05) is 26.4 Å². The number of aliphatic hydroxyl groups is 3. The van der Waals surface area contributed by atoms with Crippen molar-refractivity contribution < 1.29 is 24.9 Å². The summed E-state index contributed by atoms with van der Waals surface area (Å²) in [6.45, 7) is -2.10. The second-order valence-corrected chi connectivity index (χ2v) is 4.43. The number of aliphatic hydroxyl groups excluding tert-OH is 3. The van der Waals surface area contributed by atoms with Crippen molar-refractivity contribution in [3.8, 4) is 5.75 Å². The van der Waals surface area contributed by atoms with Crippen LogP contribution in [0, 0.1) is 0 Å². The Morgan fingerprint density at radius 3 is 2.32 bits per heavy atom. The molecule has 7 heteroatoms. The summed E-state index contributed by atoms with van der Waals surface area (Å²) in [6, 6.07) is 6.66. The molecule has 0 fully saturated rings. The lowest BCUT2D eigenvalue weighted by molar-refractivity contribution is -0.127. The van der Waals surface area contributed by atoms with E-state index >= 15 is 0 Å². The molecule has 0 unspecified atom stereocenters. The summed E-state index contributed by atoms with van der Waals surface area (Å²) in [5.74, 6) is -0.237. The second kappa shape index (κ2) is 7.30. The van der Waals surface area contributed by atoms with E-state index in [0.29, 0.717) is 10.8 Å². The average molecular weight is 290 g/mol. The van der Waals surface area contributed by atoms with E-state index in [4.69, 9.17) is 31.7 Å². The van der Waals surface area contributed by atoms with Gasteiger partial charge < -0.3 is 25.4 Å². The first-order chi connectivity index (χ1) is 9.06. The average Bonchev–Trinajstić information content (AvgIpc) is 2.44. The smallest absolute Gasteiger partial charge is 0.258 e. The van der Waals surface area contributed by atoms with Crippen LogP contribution in [0.25, 0.3) is 0 Å². The van der Waals surface area contributed by atoms with Crippen molar-refractivity contribution in [1.29, 1.82) is 0 Å². The molecule has 0 aromatic heterocycles. The summed E-state index contributed by atoms with van der Waals surface area (Å²) in [5, 5.41) is 29.9. The lowest BCUT2D eigenvalue weighted by Gasteiger charge is -2.28. The SMILES string of the molecule is O=C(COc1ccccc1Cl)NC(CO)(CO)CO. The van der Waals surface area contributed by atoms with Gasteiger partial charge in [0.15, 0.2) is 6.61 Å². The van der Waals surface area contributed by atoms with Crippen LogP contribution in [0.15, 0.2) is 24.3 Å². The molecule has 0 aliphatic carbocycles. The molecule has 1 aromatic rings. The summed E-state index contributed by atoms with van der Waals surface area (Å²) in [6.07, 6.45) is 0. The van der Waals surface area contributed by atoms with Crippen LogP contribution in [-0.4, -0.2) is 53.2 Å². The third-order valence-electron chi connectivity index (χ3n) is 2.51. The molecular formula is C12H16ClNO5. The lowest BCUT2D eigenvalue weighted by Crippen LogP contribution is -2.58. The quantitative estimate of drug-likeness (QED) is 0.545. The van der Waals surface area contributed by atoms with Gasteiger partial charge in [0, 0.05) is 0 Å². The number of ether oxygens (including phenoxy) is 1. The Kier molecular flexibility index (Phi) is 6.04. The minimum Gasteiger partial charge on any atom is -0.482 e. The van der Waals surface area contributed by atoms with Crippen LogP contribution in [0.2, 0.25) is 5.02 Å². The van der Waals surface area contributed by atoms with E-state index in [1.54, 1.807) is 24.3 Å². The molecule has 1 aromatic carbocycles. The number of hydrogen-bond acceptors (Lipinski definition) is 5. The van der Waals surface area contributed by atoms with E-state index < -0.39 is 31.3 Å². The zero-order chi connectivity index (χ0) is 14.3. The molecule has 0 saturated heterocycles. The number of hydrogen-bond donors (Lipinski definition) is 4. The highest BCUT2D eigenvalue weighted by molar-refractivity contribution is 6.32. The van der Waals surface area contributed by atoms with Crippen LogP contribution in [0.5, 0.6) is 5.75 Å². The first kappa shape index (κ1) is 15.7. The highest BCUT2D eigenvalue weighted by atomic mass is 35.5. The fraction of sp³-hybridized carbons (Fsp3) is 0.417. The van der Waals surface area contributed by atoms with E-state index in [2.05, 4.69) is 5.32 Å². The molecule has 0 bridgehead atoms. The van der Waals surface area contributed by atoms with Gasteiger partial charge in [0.2, 0.25) is 0 Å². The number of amides is 1. The molecule has 0 radical (unpaired) electrons. The molecule has 0 aliphatic rings. The Morgan fingerprint density at radius 2 is 1.79 bits per heavy atom. The summed E-state index contributed by atoms with van der Waals surface area (Å²) < 4.78 is 5.19. The summed E-state index contributed by atoms with van der Waals surface area (Å²) in [5.41, 5.74) is -1.46. The minimum absolute atomic E-state index is 0.342. The number of benzene rings is 1. The molecule has 0 aliphatic heterocycles. The van der Waals surface area contributed by atoms with Crippen LogP contribution in [0.4, 0.5) is 0 Å². The molecule has 6 nitrogen and oxygen atoms in total. The van der Waals surface area contributed by atoms with Crippen molar-refractivity contribution in [1.82, 2.24) is 5.32 Å². The normalized spacial score (nSPS) is 11.2. The Hall–Kier alpha value is -1.34. The summed E-state index contributed by atoms with van der Waals surface area (Å²) >= 11 is 5.85. The molecule has 19 heavy (non-hydrogen) atoms. The van der Waals surface area contributed by atoms with E-state index in [1.165, 1.54) is 0 Å². The van der Waals surface area contributed by atoms with E-state index in [9.17, 15) is 4.79 Å². The number of carbonyl (C=O) groups is 1. The number of carbonyl (C=O) groups excluding carboxylic acids is 1. The van der Waals surface area contributed by atoms with Gasteiger partial charge in [0.1, 0.15) is 11.3 Å². The molecule has 0 atom stereocenters. The molecule has 1 amide bonds. The number of para-hydroxylation sites is 1. The number of halogens is 1. The third kappa shape index (κ3) is 4.36. The first-order valence-electron chi connectivity index (χ1n) is 5.58. The highest BCUT2D eigenvalue weighted by Gasteiger charge is 2.29. The van der Waals surface area contributed by atoms with Gasteiger partial charge in [-0.15, -0.1) is 0 Å². The molecule has 0 spiro atoms. The van der Waals surface area contributed by atoms with E-state index in [1.807, 2.05) is 0 Å². The van der Waals surface area contributed by atoms with Crippen LogP contribution in [-0.2, 0) is 4.79 Å². The van der Waals surface area contributed by atoms with Crippen LogP contribution in [0.3, 0.4) is 0 Å². The Balaban J connectivity index is 2.54. The first-order valence-corrected chi connectivity index (χ1v) is 5.95. The van der Waals surface area contributed by atoms with Crippen molar-refractivity contribution in [2.24, 2.45) is 0 Å². The van der Waals surface area contributed by atoms with Gasteiger partial charge in [0.05, 0.1) is 24.8 Å². The van der Waals surface area contributed by atoms with Crippen LogP contribution >= 0.6 is 11.6 Å². The largest absolute Gasteiger partial charge is 0.482 e. The maximum Gasteiger partial charge on any atom is 0.258 e. The maximum atomic E-state index is 11.6. The lowest BCUT2D eigenvalue weighted by atomic mass is 10.0. The zero-order valence-corrected chi connectivity index (χ0v) is 10.9. The van der Waals surface area contributed by atoms with Crippen molar-refractivity contribution in [3.05, 3.63) is 29.3 Å². The number of nitrogens with one attached hydrogen (secondary N) is 1. The Bertz CT molecular complexity index is 414. The van der Waals surface area contributed by atoms with E-state index in [0.717, 1.165) is 0 Å². The number of rotatable bonds is 7. The van der Waals surface area contributed by atoms with Crippen molar-refractivity contribution in [3.63, 3.8) is 0 Å². The van der Waals surface area contributed by atoms with Crippen molar-refractivity contribution >= 4 is 17.5 Å². The Morgan fingerprint density at radius 1 is 1.21 bits per heavy atom. The van der Waals surface area contributed by atoms with E-state index in [-0.39, 0.29) is 6.61 Å². The molecule has 106 valence electrons. The monoisotopic (exact) mass is 289 g/mol. The summed E-state index contributed by atoms with van der Waals surface area (Å²) in [7, 11) is 0. The van der Waals surface area contributed by atoms with Crippen LogP contribution in [0.1, 0.15) is 0 Å². The third-order valence-corrected chi connectivity index (χ3v) is 2.82. The fourth-order valence-electron chi connectivity index (χ4n) is 1.31. The van der Waals surface area contributed by atoms with Crippen molar-refractivity contribution in [2.45, 2.75) is 5.54 Å². The molecule has 4 N–H and O–H groups in total.